The summed E-state index contributed by atoms with van der Waals surface area (Å²) >= 11 is 0. The van der Waals surface area contributed by atoms with Crippen molar-refractivity contribution in [3.05, 3.63) is 89.7 Å². The van der Waals surface area contributed by atoms with Crippen LogP contribution in [0.25, 0.3) is 0 Å². The highest BCUT2D eigenvalue weighted by Crippen LogP contribution is 2.17. The van der Waals surface area contributed by atoms with Crippen molar-refractivity contribution in [1.29, 1.82) is 0 Å². The van der Waals surface area contributed by atoms with Gasteiger partial charge in [-0.1, -0.05) is 56.5 Å². The fraction of sp³-hybridized carbons (Fsp3) is 0.308. The SMILES string of the molecule is CCCCCCOc1ccc(NC(=O)c2ccc(COCc3ccccc3)nc2)cc1. The smallest absolute Gasteiger partial charge is 0.257 e. The number of carbonyl (C=O) groups is 1. The largest absolute Gasteiger partial charge is 0.494 e. The van der Waals surface area contributed by atoms with Crippen LogP contribution < -0.4 is 10.1 Å². The number of unbranched alkanes of at least 4 members (excludes halogenated alkanes) is 3. The minimum absolute atomic E-state index is 0.197. The van der Waals surface area contributed by atoms with Crippen LogP contribution in [0.5, 0.6) is 5.75 Å². The molecule has 0 saturated carbocycles. The molecule has 1 aromatic heterocycles. The van der Waals surface area contributed by atoms with Crippen LogP contribution in [0.2, 0.25) is 0 Å². The molecule has 0 spiro atoms. The molecular weight excluding hydrogens is 388 g/mol. The van der Waals surface area contributed by atoms with E-state index in [1.54, 1.807) is 12.3 Å². The van der Waals surface area contributed by atoms with Crippen LogP contribution >= 0.6 is 0 Å². The van der Waals surface area contributed by atoms with Crippen LogP contribution in [-0.2, 0) is 18.0 Å². The van der Waals surface area contributed by atoms with Crippen LogP contribution in [-0.4, -0.2) is 17.5 Å². The van der Waals surface area contributed by atoms with Crippen LogP contribution in [0, 0.1) is 0 Å². The van der Waals surface area contributed by atoms with Gasteiger partial charge < -0.3 is 14.8 Å². The van der Waals surface area contributed by atoms with Crippen molar-refractivity contribution in [2.75, 3.05) is 11.9 Å². The van der Waals surface area contributed by atoms with Gasteiger partial charge in [-0.05, 0) is 48.4 Å². The standard InChI is InChI=1S/C26H30N2O3/c1-2-3-4-8-17-31-25-15-13-23(14-16-25)28-26(29)22-11-12-24(27-18-22)20-30-19-21-9-6-5-7-10-21/h5-7,9-16,18H,2-4,8,17,19-20H2,1H3,(H,28,29). The average Bonchev–Trinajstić information content (AvgIpc) is 2.81. The second-order valence-electron chi connectivity index (χ2n) is 7.40. The summed E-state index contributed by atoms with van der Waals surface area (Å²) in [5.74, 6) is 0.619. The Balaban J connectivity index is 1.42. The maximum atomic E-state index is 12.5. The number of hydrogen-bond donors (Lipinski definition) is 1. The normalized spacial score (nSPS) is 10.6. The van der Waals surface area contributed by atoms with Gasteiger partial charge in [0.25, 0.3) is 5.91 Å². The van der Waals surface area contributed by atoms with Gasteiger partial charge in [0.1, 0.15) is 5.75 Å². The molecule has 0 aliphatic heterocycles. The molecule has 0 fully saturated rings. The van der Waals surface area contributed by atoms with E-state index in [1.165, 1.54) is 19.3 Å². The fourth-order valence-electron chi connectivity index (χ4n) is 3.05. The molecule has 0 unspecified atom stereocenters. The number of benzene rings is 2. The van der Waals surface area contributed by atoms with E-state index >= 15 is 0 Å². The number of amides is 1. The number of hydrogen-bond acceptors (Lipinski definition) is 4. The van der Waals surface area contributed by atoms with Gasteiger partial charge in [-0.2, -0.15) is 0 Å². The summed E-state index contributed by atoms with van der Waals surface area (Å²) in [6, 6.07) is 21.0. The van der Waals surface area contributed by atoms with Gasteiger partial charge in [-0.3, -0.25) is 9.78 Å². The summed E-state index contributed by atoms with van der Waals surface area (Å²) in [6.45, 7) is 3.85. The lowest BCUT2D eigenvalue weighted by Crippen LogP contribution is -2.12. The van der Waals surface area contributed by atoms with Gasteiger partial charge in [0.2, 0.25) is 0 Å². The lowest BCUT2D eigenvalue weighted by Gasteiger charge is -2.09. The van der Waals surface area contributed by atoms with E-state index in [2.05, 4.69) is 17.2 Å². The summed E-state index contributed by atoms with van der Waals surface area (Å²) in [6.07, 6.45) is 6.28. The van der Waals surface area contributed by atoms with Crippen molar-refractivity contribution in [3.63, 3.8) is 0 Å². The van der Waals surface area contributed by atoms with E-state index in [4.69, 9.17) is 9.47 Å². The Morgan fingerprint density at radius 1 is 0.903 bits per heavy atom. The molecule has 0 radical (unpaired) electrons. The number of nitrogens with zero attached hydrogens (tertiary/aromatic N) is 1. The molecule has 3 aromatic rings. The monoisotopic (exact) mass is 418 g/mol. The molecule has 2 aromatic carbocycles. The van der Waals surface area contributed by atoms with Crippen molar-refractivity contribution in [2.24, 2.45) is 0 Å². The highest BCUT2D eigenvalue weighted by atomic mass is 16.5. The van der Waals surface area contributed by atoms with E-state index in [-0.39, 0.29) is 5.91 Å². The Bertz CT molecular complexity index is 910. The molecule has 3 rings (SSSR count). The van der Waals surface area contributed by atoms with E-state index in [0.29, 0.717) is 18.8 Å². The van der Waals surface area contributed by atoms with Crippen molar-refractivity contribution in [2.45, 2.75) is 45.8 Å². The average molecular weight is 419 g/mol. The predicted molar refractivity (Wildman–Crippen MR) is 123 cm³/mol. The number of aromatic nitrogens is 1. The summed E-state index contributed by atoms with van der Waals surface area (Å²) in [5, 5.41) is 2.89. The lowest BCUT2D eigenvalue weighted by molar-refractivity contribution is 0.102. The molecule has 1 amide bonds. The van der Waals surface area contributed by atoms with E-state index < -0.39 is 0 Å². The molecular formula is C26H30N2O3. The van der Waals surface area contributed by atoms with Crippen LogP contribution in [0.1, 0.15) is 54.2 Å². The van der Waals surface area contributed by atoms with Crippen molar-refractivity contribution in [1.82, 2.24) is 4.98 Å². The molecule has 0 aliphatic carbocycles. The zero-order chi connectivity index (χ0) is 21.7. The second-order valence-corrected chi connectivity index (χ2v) is 7.40. The van der Waals surface area contributed by atoms with Crippen molar-refractivity contribution in [3.8, 4) is 5.75 Å². The highest BCUT2D eigenvalue weighted by molar-refractivity contribution is 6.04. The van der Waals surface area contributed by atoms with E-state index in [9.17, 15) is 4.79 Å². The lowest BCUT2D eigenvalue weighted by atomic mass is 10.2. The summed E-state index contributed by atoms with van der Waals surface area (Å²) in [4.78, 5) is 16.8. The molecule has 5 nitrogen and oxygen atoms in total. The van der Waals surface area contributed by atoms with Gasteiger partial charge in [0.15, 0.2) is 0 Å². The zero-order valence-corrected chi connectivity index (χ0v) is 18.0. The Kier molecular flexibility index (Phi) is 9.07. The molecule has 1 heterocycles. The number of nitrogens with one attached hydrogen (secondary N) is 1. The summed E-state index contributed by atoms with van der Waals surface area (Å²) in [5.41, 5.74) is 3.13. The van der Waals surface area contributed by atoms with Gasteiger partial charge in [-0.15, -0.1) is 0 Å². The second kappa shape index (κ2) is 12.5. The third kappa shape index (κ3) is 7.87. The third-order valence-corrected chi connectivity index (χ3v) is 4.83. The minimum atomic E-state index is -0.197. The van der Waals surface area contributed by atoms with E-state index in [1.807, 2.05) is 60.7 Å². The molecule has 5 heteroatoms. The number of ether oxygens (including phenoxy) is 2. The molecule has 0 aliphatic rings. The van der Waals surface area contributed by atoms with Gasteiger partial charge in [0, 0.05) is 11.9 Å². The number of carbonyl (C=O) groups excluding carboxylic acids is 1. The number of rotatable bonds is 12. The predicted octanol–water partition coefficient (Wildman–Crippen LogP) is 6.01. The Hall–Kier alpha value is -3.18. The molecule has 0 atom stereocenters. The fourth-order valence-corrected chi connectivity index (χ4v) is 3.05. The number of pyridine rings is 1. The van der Waals surface area contributed by atoms with Gasteiger partial charge >= 0.3 is 0 Å². The zero-order valence-electron chi connectivity index (χ0n) is 18.0. The van der Waals surface area contributed by atoms with Crippen molar-refractivity contribution >= 4 is 11.6 Å². The first-order chi connectivity index (χ1) is 15.2. The third-order valence-electron chi connectivity index (χ3n) is 4.83. The maximum Gasteiger partial charge on any atom is 0.257 e. The first-order valence-electron chi connectivity index (χ1n) is 10.9. The van der Waals surface area contributed by atoms with Crippen molar-refractivity contribution < 1.29 is 14.3 Å². The van der Waals surface area contributed by atoms with Crippen LogP contribution in [0.4, 0.5) is 5.69 Å². The van der Waals surface area contributed by atoms with Crippen LogP contribution in [0.15, 0.2) is 72.9 Å². The molecule has 31 heavy (non-hydrogen) atoms. The molecule has 0 saturated heterocycles. The number of anilines is 1. The quantitative estimate of drug-likeness (QED) is 0.366. The summed E-state index contributed by atoms with van der Waals surface area (Å²) in [7, 11) is 0. The Morgan fingerprint density at radius 3 is 2.42 bits per heavy atom. The topological polar surface area (TPSA) is 60.5 Å². The molecule has 162 valence electrons. The highest BCUT2D eigenvalue weighted by Gasteiger charge is 2.07. The van der Waals surface area contributed by atoms with Crippen LogP contribution in [0.3, 0.4) is 0 Å². The minimum Gasteiger partial charge on any atom is -0.494 e. The maximum absolute atomic E-state index is 12.5. The Labute approximate surface area is 184 Å². The van der Waals surface area contributed by atoms with Gasteiger partial charge in [0.05, 0.1) is 31.1 Å². The Morgan fingerprint density at radius 2 is 1.71 bits per heavy atom. The molecule has 1 N–H and O–H groups in total. The first-order valence-corrected chi connectivity index (χ1v) is 10.9. The first kappa shape index (κ1) is 22.5. The summed E-state index contributed by atoms with van der Waals surface area (Å²) < 4.78 is 11.4. The molecule has 0 bridgehead atoms. The van der Waals surface area contributed by atoms with Gasteiger partial charge in [-0.25, -0.2) is 0 Å². The van der Waals surface area contributed by atoms with E-state index in [0.717, 1.165) is 35.7 Å².